The molecule has 0 aromatic carbocycles. The van der Waals surface area contributed by atoms with Gasteiger partial charge in [-0.05, 0) is 6.42 Å². The van der Waals surface area contributed by atoms with Gasteiger partial charge in [-0.1, -0.05) is 84.0 Å². The van der Waals surface area contributed by atoms with Gasteiger partial charge in [-0.3, -0.25) is 4.79 Å². The lowest BCUT2D eigenvalue weighted by Crippen LogP contribution is -2.50. The Kier molecular flexibility index (Phi) is 16.4. The maximum absolute atomic E-state index is 11.0. The summed E-state index contributed by atoms with van der Waals surface area (Å²) in [5, 5.41) is 31.6. The first kappa shape index (κ1) is 24.4. The molecule has 0 bridgehead atoms. The number of unbranched alkanes of at least 4 members (excludes halogenated alkanes) is 11. The Balaban J connectivity index is 3.53. The van der Waals surface area contributed by atoms with E-state index < -0.39 is 18.2 Å². The van der Waals surface area contributed by atoms with Crippen LogP contribution >= 0.6 is 0 Å². The molecule has 25 heavy (non-hydrogen) atoms. The molecule has 4 N–H and O–H groups in total. The SMILES string of the molecule is CCCCCCCCCCCCCC[C@@H](O)[C@@H](O)[C@@H](CO)NC(C)=O. The van der Waals surface area contributed by atoms with Crippen molar-refractivity contribution in [2.45, 2.75) is 116 Å². The molecule has 0 unspecified atom stereocenters. The van der Waals surface area contributed by atoms with E-state index in [9.17, 15) is 20.1 Å². The summed E-state index contributed by atoms with van der Waals surface area (Å²) in [7, 11) is 0. The fraction of sp³-hybridized carbons (Fsp3) is 0.950. The molecule has 0 radical (unpaired) electrons. The Hall–Kier alpha value is -0.650. The minimum Gasteiger partial charge on any atom is -0.394 e. The number of nitrogens with one attached hydrogen (secondary N) is 1. The van der Waals surface area contributed by atoms with E-state index in [-0.39, 0.29) is 12.5 Å². The van der Waals surface area contributed by atoms with Crippen molar-refractivity contribution in [2.75, 3.05) is 6.61 Å². The van der Waals surface area contributed by atoms with Crippen LogP contribution in [0, 0.1) is 0 Å². The third-order valence-corrected chi connectivity index (χ3v) is 4.75. The van der Waals surface area contributed by atoms with Crippen molar-refractivity contribution < 1.29 is 20.1 Å². The van der Waals surface area contributed by atoms with Crippen LogP contribution in [0.5, 0.6) is 0 Å². The summed E-state index contributed by atoms with van der Waals surface area (Å²) >= 11 is 0. The maximum Gasteiger partial charge on any atom is 0.217 e. The zero-order valence-corrected chi connectivity index (χ0v) is 16.4. The lowest BCUT2D eigenvalue weighted by atomic mass is 9.99. The van der Waals surface area contributed by atoms with Crippen molar-refractivity contribution in [1.82, 2.24) is 5.32 Å². The molecule has 0 saturated heterocycles. The van der Waals surface area contributed by atoms with Crippen LogP contribution in [-0.4, -0.2) is 46.1 Å². The molecule has 0 spiro atoms. The van der Waals surface area contributed by atoms with Gasteiger partial charge in [0.2, 0.25) is 5.91 Å². The molecule has 0 aliphatic heterocycles. The van der Waals surface area contributed by atoms with Crippen LogP contribution in [0.4, 0.5) is 0 Å². The molecule has 5 heteroatoms. The van der Waals surface area contributed by atoms with Crippen LogP contribution in [0.25, 0.3) is 0 Å². The standard InChI is InChI=1S/C20H41NO4/c1-3-4-5-6-7-8-9-10-11-12-13-14-15-19(24)20(25)18(16-22)21-17(2)23/h18-20,22,24-25H,3-16H2,1-2H3,(H,21,23)/t18-,19-,20+/m1/s1. The Morgan fingerprint density at radius 3 is 1.68 bits per heavy atom. The number of aliphatic hydroxyl groups is 3. The second-order valence-corrected chi connectivity index (χ2v) is 7.23. The molecule has 150 valence electrons. The summed E-state index contributed by atoms with van der Waals surface area (Å²) in [6, 6.07) is -0.801. The number of amides is 1. The van der Waals surface area contributed by atoms with Gasteiger partial charge in [-0.15, -0.1) is 0 Å². The summed E-state index contributed by atoms with van der Waals surface area (Å²) < 4.78 is 0. The van der Waals surface area contributed by atoms with Gasteiger partial charge in [0.05, 0.1) is 18.8 Å². The second-order valence-electron chi connectivity index (χ2n) is 7.23. The molecule has 0 aliphatic carbocycles. The lowest BCUT2D eigenvalue weighted by molar-refractivity contribution is -0.122. The van der Waals surface area contributed by atoms with Gasteiger partial charge in [-0.25, -0.2) is 0 Å². The first-order valence-electron chi connectivity index (χ1n) is 10.3. The Morgan fingerprint density at radius 1 is 0.840 bits per heavy atom. The van der Waals surface area contributed by atoms with Crippen LogP contribution in [0.15, 0.2) is 0 Å². The minimum absolute atomic E-state index is 0.323. The van der Waals surface area contributed by atoms with E-state index in [0.717, 1.165) is 19.3 Å². The first-order valence-corrected chi connectivity index (χ1v) is 10.3. The molecule has 5 nitrogen and oxygen atoms in total. The molecule has 0 heterocycles. The van der Waals surface area contributed by atoms with Gasteiger partial charge >= 0.3 is 0 Å². The lowest BCUT2D eigenvalue weighted by Gasteiger charge is -2.25. The predicted octanol–water partition coefficient (Wildman–Crippen LogP) is 3.30. The largest absolute Gasteiger partial charge is 0.394 e. The molecule has 0 rings (SSSR count). The van der Waals surface area contributed by atoms with Crippen LogP contribution in [-0.2, 0) is 4.79 Å². The molecule has 1 amide bonds. The van der Waals surface area contributed by atoms with Crippen LogP contribution in [0.3, 0.4) is 0 Å². The van der Waals surface area contributed by atoms with Gasteiger partial charge < -0.3 is 20.6 Å². The molecule has 0 fully saturated rings. The Labute approximate surface area is 154 Å². The Bertz CT molecular complexity index is 312. The summed E-state index contributed by atoms with van der Waals surface area (Å²) in [4.78, 5) is 11.0. The summed E-state index contributed by atoms with van der Waals surface area (Å²) in [6.07, 6.45) is 13.5. The van der Waals surface area contributed by atoms with E-state index in [1.165, 1.54) is 64.7 Å². The van der Waals surface area contributed by atoms with Gasteiger partial charge in [0.15, 0.2) is 0 Å². The van der Waals surface area contributed by atoms with E-state index in [0.29, 0.717) is 6.42 Å². The van der Waals surface area contributed by atoms with Crippen molar-refractivity contribution >= 4 is 5.91 Å². The molecular weight excluding hydrogens is 318 g/mol. The summed E-state index contributed by atoms with van der Waals surface area (Å²) in [5.41, 5.74) is 0. The smallest absolute Gasteiger partial charge is 0.217 e. The average molecular weight is 360 g/mol. The van der Waals surface area contributed by atoms with E-state index in [1.54, 1.807) is 0 Å². The van der Waals surface area contributed by atoms with Crippen molar-refractivity contribution in [3.8, 4) is 0 Å². The number of aliphatic hydroxyl groups excluding tert-OH is 3. The van der Waals surface area contributed by atoms with Crippen LogP contribution in [0.1, 0.15) is 97.3 Å². The minimum atomic E-state index is -1.12. The highest BCUT2D eigenvalue weighted by Crippen LogP contribution is 2.14. The van der Waals surface area contributed by atoms with E-state index in [1.807, 2.05) is 0 Å². The molecule has 0 aromatic heterocycles. The molecule has 0 aliphatic rings. The molecular formula is C20H41NO4. The third-order valence-electron chi connectivity index (χ3n) is 4.75. The Morgan fingerprint density at radius 2 is 1.28 bits per heavy atom. The van der Waals surface area contributed by atoms with Gasteiger partial charge in [0.1, 0.15) is 6.10 Å². The predicted molar refractivity (Wildman–Crippen MR) is 102 cm³/mol. The monoisotopic (exact) mass is 359 g/mol. The van der Waals surface area contributed by atoms with Gasteiger partial charge in [0, 0.05) is 6.92 Å². The zero-order chi connectivity index (χ0) is 18.9. The highest BCUT2D eigenvalue weighted by molar-refractivity contribution is 5.73. The van der Waals surface area contributed by atoms with E-state index >= 15 is 0 Å². The normalized spacial score (nSPS) is 14.9. The summed E-state index contributed by atoms with van der Waals surface area (Å²) in [5.74, 6) is -0.323. The van der Waals surface area contributed by atoms with E-state index in [4.69, 9.17) is 0 Å². The highest BCUT2D eigenvalue weighted by Gasteiger charge is 2.25. The fourth-order valence-electron chi connectivity index (χ4n) is 3.13. The maximum atomic E-state index is 11.0. The van der Waals surface area contributed by atoms with Crippen LogP contribution < -0.4 is 5.32 Å². The first-order chi connectivity index (χ1) is 12.0. The number of carbonyl (C=O) groups excluding carboxylic acids is 1. The number of rotatable bonds is 17. The molecule has 0 saturated carbocycles. The van der Waals surface area contributed by atoms with Crippen molar-refractivity contribution in [3.05, 3.63) is 0 Å². The average Bonchev–Trinajstić information content (AvgIpc) is 2.59. The third kappa shape index (κ3) is 14.2. The number of hydrogen-bond donors (Lipinski definition) is 4. The molecule has 0 aromatic rings. The fourth-order valence-corrected chi connectivity index (χ4v) is 3.13. The van der Waals surface area contributed by atoms with E-state index in [2.05, 4.69) is 12.2 Å². The second kappa shape index (κ2) is 16.8. The zero-order valence-electron chi connectivity index (χ0n) is 16.4. The topological polar surface area (TPSA) is 89.8 Å². The van der Waals surface area contributed by atoms with Crippen molar-refractivity contribution in [2.24, 2.45) is 0 Å². The molecule has 3 atom stereocenters. The number of hydrogen-bond acceptors (Lipinski definition) is 4. The van der Waals surface area contributed by atoms with Crippen molar-refractivity contribution in [1.29, 1.82) is 0 Å². The quantitative estimate of drug-likeness (QED) is 0.300. The summed E-state index contributed by atoms with van der Waals surface area (Å²) in [6.45, 7) is 3.19. The van der Waals surface area contributed by atoms with Gasteiger partial charge in [-0.2, -0.15) is 0 Å². The highest BCUT2D eigenvalue weighted by atomic mass is 16.3. The number of carbonyl (C=O) groups is 1. The van der Waals surface area contributed by atoms with Crippen molar-refractivity contribution in [3.63, 3.8) is 0 Å². The van der Waals surface area contributed by atoms with Gasteiger partial charge in [0.25, 0.3) is 0 Å². The van der Waals surface area contributed by atoms with Crippen LogP contribution in [0.2, 0.25) is 0 Å².